The molecule has 1 aromatic carbocycles. The van der Waals surface area contributed by atoms with Crippen molar-refractivity contribution in [3.63, 3.8) is 0 Å². The Labute approximate surface area is 98.6 Å². The van der Waals surface area contributed by atoms with Crippen molar-refractivity contribution in [3.8, 4) is 0 Å². The number of aromatic amines is 1. The summed E-state index contributed by atoms with van der Waals surface area (Å²) in [5.41, 5.74) is 5.96. The molecule has 2 aliphatic rings. The van der Waals surface area contributed by atoms with Gasteiger partial charge in [0.25, 0.3) is 0 Å². The minimum Gasteiger partial charge on any atom is -0.345 e. The maximum Gasteiger partial charge on any atom is 0.156 e. The van der Waals surface area contributed by atoms with Crippen molar-refractivity contribution in [1.82, 2.24) is 9.97 Å². The fourth-order valence-electron chi connectivity index (χ4n) is 3.14. The molecule has 0 amide bonds. The highest BCUT2D eigenvalue weighted by Gasteiger charge is 2.32. The smallest absolute Gasteiger partial charge is 0.156 e. The largest absolute Gasteiger partial charge is 0.345 e. The first kappa shape index (κ1) is 9.16. The Morgan fingerprint density at radius 3 is 3.24 bits per heavy atom. The summed E-state index contributed by atoms with van der Waals surface area (Å²) in [5.74, 6) is 0.802. The molecule has 0 spiro atoms. The van der Waals surface area contributed by atoms with Gasteiger partial charge in [-0.25, -0.2) is 4.98 Å². The summed E-state index contributed by atoms with van der Waals surface area (Å²) in [6.45, 7) is 0. The Kier molecular flexibility index (Phi) is 1.65. The van der Waals surface area contributed by atoms with Crippen LogP contribution in [0.3, 0.4) is 0 Å². The van der Waals surface area contributed by atoms with E-state index in [0.29, 0.717) is 12.3 Å². The van der Waals surface area contributed by atoms with Crippen molar-refractivity contribution >= 4 is 22.4 Å². The lowest BCUT2D eigenvalue weighted by molar-refractivity contribution is -0.115. The summed E-state index contributed by atoms with van der Waals surface area (Å²) in [7, 11) is 0. The van der Waals surface area contributed by atoms with E-state index in [1.165, 1.54) is 16.7 Å². The fraction of sp³-hybridized carbons (Fsp3) is 0.286. The molecule has 0 aliphatic heterocycles. The first-order valence-corrected chi connectivity index (χ1v) is 6.02. The second-order valence-corrected chi connectivity index (χ2v) is 4.90. The van der Waals surface area contributed by atoms with Crippen LogP contribution in [0.15, 0.2) is 24.5 Å². The summed E-state index contributed by atoms with van der Waals surface area (Å²) in [4.78, 5) is 19.1. The van der Waals surface area contributed by atoms with Gasteiger partial charge in [0, 0.05) is 6.42 Å². The normalized spacial score (nSPS) is 22.5. The summed E-state index contributed by atoms with van der Waals surface area (Å²) in [6, 6.07) is 4.18. The number of nitrogens with one attached hydrogen (secondary N) is 1. The molecule has 1 N–H and O–H groups in total. The lowest BCUT2D eigenvalue weighted by atomic mass is 9.88. The van der Waals surface area contributed by atoms with E-state index >= 15 is 0 Å². The number of nitrogens with zero attached hydrogens (tertiary/aromatic N) is 1. The molecular weight excluding hydrogens is 212 g/mol. The van der Waals surface area contributed by atoms with Gasteiger partial charge in [0.15, 0.2) is 5.78 Å². The van der Waals surface area contributed by atoms with Crippen molar-refractivity contribution < 1.29 is 4.79 Å². The van der Waals surface area contributed by atoms with Crippen LogP contribution >= 0.6 is 0 Å². The molecule has 2 aromatic rings. The topological polar surface area (TPSA) is 45.8 Å². The number of aromatic nitrogens is 2. The second-order valence-electron chi connectivity index (χ2n) is 4.90. The quantitative estimate of drug-likeness (QED) is 0.747. The number of fused-ring (bicyclic) bond motifs is 5. The van der Waals surface area contributed by atoms with Gasteiger partial charge in [0.1, 0.15) is 0 Å². The molecule has 1 atom stereocenters. The van der Waals surface area contributed by atoms with Crippen LogP contribution in [-0.2, 0) is 11.2 Å². The monoisotopic (exact) mass is 224 g/mol. The maximum atomic E-state index is 11.5. The summed E-state index contributed by atoms with van der Waals surface area (Å²) >= 11 is 0. The van der Waals surface area contributed by atoms with Crippen LogP contribution in [0.25, 0.3) is 16.6 Å². The van der Waals surface area contributed by atoms with Gasteiger partial charge in [0.05, 0.1) is 17.4 Å². The van der Waals surface area contributed by atoms with Gasteiger partial charge in [-0.15, -0.1) is 0 Å². The van der Waals surface area contributed by atoms with E-state index < -0.39 is 0 Å². The van der Waals surface area contributed by atoms with Gasteiger partial charge in [-0.1, -0.05) is 6.07 Å². The van der Waals surface area contributed by atoms with Crippen LogP contribution in [0, 0.1) is 5.92 Å². The van der Waals surface area contributed by atoms with E-state index in [9.17, 15) is 4.79 Å². The number of ketones is 1. The van der Waals surface area contributed by atoms with Crippen LogP contribution in [0.5, 0.6) is 0 Å². The van der Waals surface area contributed by atoms with Crippen molar-refractivity contribution in [1.29, 1.82) is 0 Å². The van der Waals surface area contributed by atoms with Crippen LogP contribution in [0.1, 0.15) is 24.0 Å². The zero-order valence-corrected chi connectivity index (χ0v) is 9.36. The minimum atomic E-state index is 0.270. The molecule has 4 rings (SSSR count). The lowest BCUT2D eigenvalue weighted by Crippen LogP contribution is -2.09. The molecular formula is C14H12N2O. The summed E-state index contributed by atoms with van der Waals surface area (Å²) < 4.78 is 0. The van der Waals surface area contributed by atoms with E-state index in [-0.39, 0.29) is 5.78 Å². The highest BCUT2D eigenvalue weighted by molar-refractivity contribution is 6.01. The second kappa shape index (κ2) is 3.06. The molecule has 3 heteroatoms. The Bertz CT molecular complexity index is 666. The van der Waals surface area contributed by atoms with E-state index in [1.54, 1.807) is 6.33 Å². The number of carbonyl (C=O) groups excluding carboxylic acids is 1. The van der Waals surface area contributed by atoms with Crippen molar-refractivity contribution in [3.05, 3.63) is 35.7 Å². The number of hydrogen-bond donors (Lipinski definition) is 1. The Morgan fingerprint density at radius 2 is 2.29 bits per heavy atom. The first-order chi connectivity index (χ1) is 8.33. The zero-order valence-electron chi connectivity index (χ0n) is 9.36. The van der Waals surface area contributed by atoms with Crippen molar-refractivity contribution in [2.75, 3.05) is 0 Å². The van der Waals surface area contributed by atoms with E-state index in [2.05, 4.69) is 22.1 Å². The summed E-state index contributed by atoms with van der Waals surface area (Å²) in [6.07, 6.45) is 6.32. The molecule has 0 bridgehead atoms. The van der Waals surface area contributed by atoms with Gasteiger partial charge in [-0.3, -0.25) is 4.79 Å². The number of hydrogen-bond acceptors (Lipinski definition) is 2. The van der Waals surface area contributed by atoms with Gasteiger partial charge in [-0.2, -0.15) is 0 Å². The van der Waals surface area contributed by atoms with Crippen LogP contribution in [0.4, 0.5) is 0 Å². The lowest BCUT2D eigenvalue weighted by Gasteiger charge is -2.15. The molecule has 0 radical (unpaired) electrons. The van der Waals surface area contributed by atoms with Gasteiger partial charge >= 0.3 is 0 Å². The Balaban J connectivity index is 2.00. The van der Waals surface area contributed by atoms with Crippen LogP contribution in [-0.4, -0.2) is 15.8 Å². The Morgan fingerprint density at radius 1 is 1.35 bits per heavy atom. The molecule has 0 fully saturated rings. The maximum absolute atomic E-state index is 11.5. The first-order valence-electron chi connectivity index (χ1n) is 6.02. The van der Waals surface area contributed by atoms with E-state index in [4.69, 9.17) is 0 Å². The number of rotatable bonds is 0. The number of carbonyl (C=O) groups is 1. The van der Waals surface area contributed by atoms with Gasteiger partial charge in [-0.05, 0) is 47.6 Å². The molecule has 84 valence electrons. The van der Waals surface area contributed by atoms with Crippen LogP contribution < -0.4 is 0 Å². The third kappa shape index (κ3) is 1.16. The van der Waals surface area contributed by atoms with Crippen molar-refractivity contribution in [2.24, 2.45) is 5.92 Å². The predicted molar refractivity (Wildman–Crippen MR) is 65.5 cm³/mol. The highest BCUT2D eigenvalue weighted by atomic mass is 16.1. The third-order valence-electron chi connectivity index (χ3n) is 3.95. The number of allylic oxidation sites excluding steroid dienone is 2. The molecule has 2 aliphatic carbocycles. The SMILES string of the molecule is O=C1C=C2c3ccc4[nH]cnc4c3CC2CC1. The predicted octanol–water partition coefficient (Wildman–Crippen LogP) is 2.48. The van der Waals surface area contributed by atoms with Gasteiger partial charge < -0.3 is 4.98 Å². The molecule has 1 aromatic heterocycles. The summed E-state index contributed by atoms with van der Waals surface area (Å²) in [5, 5.41) is 0. The number of H-pyrrole nitrogens is 1. The fourth-order valence-corrected chi connectivity index (χ4v) is 3.14. The highest BCUT2D eigenvalue weighted by Crippen LogP contribution is 2.43. The standard InChI is InChI=1S/C14H12N2O/c17-9-2-1-8-5-12-10(11(8)6-9)3-4-13-14(12)16-7-15-13/h3-4,6-8H,1-2,5H2,(H,15,16). The van der Waals surface area contributed by atoms with Crippen LogP contribution in [0.2, 0.25) is 0 Å². The third-order valence-corrected chi connectivity index (χ3v) is 3.95. The van der Waals surface area contributed by atoms with E-state index in [0.717, 1.165) is 23.9 Å². The minimum absolute atomic E-state index is 0.270. The zero-order chi connectivity index (χ0) is 11.4. The molecule has 3 nitrogen and oxygen atoms in total. The molecule has 1 unspecified atom stereocenters. The van der Waals surface area contributed by atoms with E-state index in [1.807, 2.05) is 6.08 Å². The molecule has 0 saturated heterocycles. The molecule has 0 saturated carbocycles. The number of benzene rings is 1. The Hall–Kier alpha value is -1.90. The molecule has 1 heterocycles. The van der Waals surface area contributed by atoms with Crippen molar-refractivity contribution in [2.45, 2.75) is 19.3 Å². The molecule has 17 heavy (non-hydrogen) atoms. The average Bonchev–Trinajstić information content (AvgIpc) is 2.91. The number of imidazole rings is 1. The van der Waals surface area contributed by atoms with Gasteiger partial charge in [0.2, 0.25) is 0 Å². The average molecular weight is 224 g/mol.